The minimum absolute atomic E-state index is 0.0985. The highest BCUT2D eigenvalue weighted by Crippen LogP contribution is 2.31. The van der Waals surface area contributed by atoms with Crippen LogP contribution in [0, 0.1) is 0 Å². The molecule has 1 aromatic carbocycles. The van der Waals surface area contributed by atoms with Gasteiger partial charge in [0, 0.05) is 24.4 Å². The van der Waals surface area contributed by atoms with E-state index in [0.717, 1.165) is 23.4 Å². The topological polar surface area (TPSA) is 39.1 Å². The highest BCUT2D eigenvalue weighted by atomic mass is 16.5. The molecule has 0 saturated heterocycles. The fraction of sp³-hybridized carbons (Fsp3) is 0.438. The summed E-state index contributed by atoms with van der Waals surface area (Å²) in [5.74, 6) is 0.931. The molecule has 0 spiro atoms. The van der Waals surface area contributed by atoms with Crippen molar-refractivity contribution in [1.82, 2.24) is 15.1 Å². The lowest BCUT2D eigenvalue weighted by Crippen LogP contribution is -2.19. The summed E-state index contributed by atoms with van der Waals surface area (Å²) in [4.78, 5) is 0. The van der Waals surface area contributed by atoms with Crippen molar-refractivity contribution in [3.8, 4) is 5.75 Å². The van der Waals surface area contributed by atoms with Crippen LogP contribution in [-0.4, -0.2) is 23.4 Å². The van der Waals surface area contributed by atoms with Crippen molar-refractivity contribution >= 4 is 0 Å². The molecule has 1 unspecified atom stereocenters. The molecule has 0 aliphatic heterocycles. The predicted octanol–water partition coefficient (Wildman–Crippen LogP) is 2.69. The van der Waals surface area contributed by atoms with Gasteiger partial charge in [-0.2, -0.15) is 5.10 Å². The van der Waals surface area contributed by atoms with Gasteiger partial charge in [-0.15, -0.1) is 0 Å². The largest absolute Gasteiger partial charge is 0.494 e. The van der Waals surface area contributed by atoms with Crippen LogP contribution in [0.3, 0.4) is 0 Å². The first-order valence-corrected chi connectivity index (χ1v) is 7.12. The normalized spacial score (nSPS) is 12.4. The average Bonchev–Trinajstić information content (AvgIpc) is 2.83. The number of aryl methyl sites for hydroxylation is 2. The third kappa shape index (κ3) is 2.85. The number of nitrogens with zero attached hydrogens (tertiary/aromatic N) is 2. The van der Waals surface area contributed by atoms with Crippen LogP contribution in [0.2, 0.25) is 0 Å². The maximum atomic E-state index is 5.75. The minimum atomic E-state index is 0.0985. The fourth-order valence-corrected chi connectivity index (χ4v) is 2.55. The van der Waals surface area contributed by atoms with Crippen molar-refractivity contribution in [1.29, 1.82) is 0 Å². The molecule has 1 atom stereocenters. The molecule has 0 aliphatic rings. The number of nitrogens with one attached hydrogen (secondary N) is 1. The Bertz CT molecular complexity index is 563. The molecule has 0 aliphatic carbocycles. The summed E-state index contributed by atoms with van der Waals surface area (Å²) >= 11 is 0. The lowest BCUT2D eigenvalue weighted by molar-refractivity contribution is 0.334. The van der Waals surface area contributed by atoms with Crippen LogP contribution in [0.4, 0.5) is 0 Å². The molecule has 0 amide bonds. The molecule has 1 aromatic heterocycles. The number of benzene rings is 1. The number of ether oxygens (including phenoxy) is 1. The van der Waals surface area contributed by atoms with E-state index in [1.54, 1.807) is 0 Å². The third-order valence-corrected chi connectivity index (χ3v) is 3.40. The molecule has 0 bridgehead atoms. The van der Waals surface area contributed by atoms with Crippen molar-refractivity contribution in [2.75, 3.05) is 13.7 Å². The highest BCUT2D eigenvalue weighted by Gasteiger charge is 2.21. The van der Waals surface area contributed by atoms with Gasteiger partial charge in [0.1, 0.15) is 5.75 Å². The first kappa shape index (κ1) is 14.6. The van der Waals surface area contributed by atoms with Crippen molar-refractivity contribution in [3.63, 3.8) is 0 Å². The number of hydrogen-bond acceptors (Lipinski definition) is 3. The Morgan fingerprint density at radius 3 is 2.65 bits per heavy atom. The van der Waals surface area contributed by atoms with Crippen LogP contribution in [0.1, 0.15) is 36.7 Å². The maximum Gasteiger partial charge on any atom is 0.124 e. The van der Waals surface area contributed by atoms with Gasteiger partial charge < -0.3 is 10.1 Å². The Morgan fingerprint density at radius 1 is 1.25 bits per heavy atom. The summed E-state index contributed by atoms with van der Waals surface area (Å²) < 4.78 is 7.63. The van der Waals surface area contributed by atoms with Crippen molar-refractivity contribution < 1.29 is 4.74 Å². The van der Waals surface area contributed by atoms with Gasteiger partial charge in [-0.3, -0.25) is 4.68 Å². The van der Waals surface area contributed by atoms with Crippen LogP contribution in [0.5, 0.6) is 5.75 Å². The van der Waals surface area contributed by atoms with Gasteiger partial charge in [-0.25, -0.2) is 0 Å². The molecule has 1 N–H and O–H groups in total. The second-order valence-corrected chi connectivity index (χ2v) is 4.75. The molecule has 2 aromatic rings. The van der Waals surface area contributed by atoms with E-state index in [2.05, 4.69) is 29.6 Å². The molecule has 0 radical (unpaired) electrons. The van der Waals surface area contributed by atoms with Gasteiger partial charge in [0.15, 0.2) is 0 Å². The highest BCUT2D eigenvalue weighted by molar-refractivity contribution is 5.42. The summed E-state index contributed by atoms with van der Waals surface area (Å²) in [6.45, 7) is 4.81. The van der Waals surface area contributed by atoms with Gasteiger partial charge in [-0.1, -0.05) is 25.1 Å². The molecular formula is C16H23N3O. The average molecular weight is 273 g/mol. The Kier molecular flexibility index (Phi) is 4.79. The van der Waals surface area contributed by atoms with E-state index in [1.165, 1.54) is 5.56 Å². The van der Waals surface area contributed by atoms with E-state index in [4.69, 9.17) is 4.74 Å². The zero-order valence-electron chi connectivity index (χ0n) is 12.7. The Hall–Kier alpha value is -1.81. The van der Waals surface area contributed by atoms with E-state index in [-0.39, 0.29) is 6.04 Å². The summed E-state index contributed by atoms with van der Waals surface area (Å²) in [5.41, 5.74) is 3.49. The Morgan fingerprint density at radius 2 is 2.00 bits per heavy atom. The predicted molar refractivity (Wildman–Crippen MR) is 81.1 cm³/mol. The quantitative estimate of drug-likeness (QED) is 0.879. The van der Waals surface area contributed by atoms with E-state index in [0.29, 0.717) is 6.61 Å². The van der Waals surface area contributed by atoms with Crippen LogP contribution < -0.4 is 10.1 Å². The molecule has 2 rings (SSSR count). The fourth-order valence-electron chi connectivity index (χ4n) is 2.55. The second-order valence-electron chi connectivity index (χ2n) is 4.75. The van der Waals surface area contributed by atoms with Crippen LogP contribution in [0.25, 0.3) is 0 Å². The van der Waals surface area contributed by atoms with E-state index in [1.807, 2.05) is 43.9 Å². The molecule has 0 saturated carbocycles. The van der Waals surface area contributed by atoms with Gasteiger partial charge in [-0.05, 0) is 26.5 Å². The Balaban J connectivity index is 2.46. The zero-order chi connectivity index (χ0) is 14.5. The molecule has 0 fully saturated rings. The number of para-hydroxylation sites is 1. The van der Waals surface area contributed by atoms with Crippen LogP contribution in [0.15, 0.2) is 30.5 Å². The molecular weight excluding hydrogens is 250 g/mol. The van der Waals surface area contributed by atoms with E-state index >= 15 is 0 Å². The number of hydrogen-bond donors (Lipinski definition) is 1. The summed E-state index contributed by atoms with van der Waals surface area (Å²) in [7, 11) is 3.93. The van der Waals surface area contributed by atoms with Gasteiger partial charge in [0.25, 0.3) is 0 Å². The lowest BCUT2D eigenvalue weighted by Gasteiger charge is -2.20. The second kappa shape index (κ2) is 6.57. The van der Waals surface area contributed by atoms with Crippen LogP contribution >= 0.6 is 0 Å². The maximum absolute atomic E-state index is 5.75. The van der Waals surface area contributed by atoms with Crippen molar-refractivity contribution in [3.05, 3.63) is 47.3 Å². The minimum Gasteiger partial charge on any atom is -0.494 e. The number of rotatable bonds is 6. The lowest BCUT2D eigenvalue weighted by atomic mass is 9.97. The van der Waals surface area contributed by atoms with E-state index < -0.39 is 0 Å². The summed E-state index contributed by atoms with van der Waals surface area (Å²) in [5, 5.41) is 7.92. The van der Waals surface area contributed by atoms with Crippen LogP contribution in [-0.2, 0) is 13.5 Å². The molecule has 4 nitrogen and oxygen atoms in total. The van der Waals surface area contributed by atoms with Gasteiger partial charge >= 0.3 is 0 Å². The monoisotopic (exact) mass is 273 g/mol. The first-order valence-electron chi connectivity index (χ1n) is 7.12. The smallest absolute Gasteiger partial charge is 0.124 e. The summed E-state index contributed by atoms with van der Waals surface area (Å²) in [6.07, 6.45) is 3.01. The molecule has 1 heterocycles. The van der Waals surface area contributed by atoms with Crippen molar-refractivity contribution in [2.45, 2.75) is 26.3 Å². The summed E-state index contributed by atoms with van der Waals surface area (Å²) in [6, 6.07) is 8.28. The van der Waals surface area contributed by atoms with Gasteiger partial charge in [0.2, 0.25) is 0 Å². The van der Waals surface area contributed by atoms with E-state index in [9.17, 15) is 0 Å². The third-order valence-electron chi connectivity index (χ3n) is 3.40. The number of aromatic nitrogens is 2. The molecule has 20 heavy (non-hydrogen) atoms. The Labute approximate surface area is 120 Å². The zero-order valence-corrected chi connectivity index (χ0v) is 12.7. The molecule has 108 valence electrons. The first-order chi connectivity index (χ1) is 9.71. The SMILES string of the molecule is CCOc1ccccc1C(NC)c1cn(C)nc1CC. The standard InChI is InChI=1S/C16H23N3O/c1-5-14-13(11-19(4)18-14)16(17-3)12-9-7-8-10-15(12)20-6-2/h7-11,16-17H,5-6H2,1-4H3. The molecule has 4 heteroatoms. The van der Waals surface area contributed by atoms with Crippen molar-refractivity contribution in [2.24, 2.45) is 7.05 Å². The van der Waals surface area contributed by atoms with Gasteiger partial charge in [0.05, 0.1) is 18.3 Å².